The molecule has 4 rings (SSSR count). The van der Waals surface area contributed by atoms with Gasteiger partial charge in [0.2, 0.25) is 10.0 Å². The van der Waals surface area contributed by atoms with E-state index in [1.807, 2.05) is 6.07 Å². The Morgan fingerprint density at radius 2 is 1.76 bits per heavy atom. The predicted molar refractivity (Wildman–Crippen MR) is 116 cm³/mol. The van der Waals surface area contributed by atoms with Gasteiger partial charge in [-0.1, -0.05) is 0 Å². The van der Waals surface area contributed by atoms with Crippen molar-refractivity contribution >= 4 is 41.2 Å². The number of hydrogen-bond acceptors (Lipinski definition) is 6. The molecule has 0 bridgehead atoms. The Balaban J connectivity index is 1.63. The summed E-state index contributed by atoms with van der Waals surface area (Å²) in [7, 11) is 2.37. The molecule has 0 spiro atoms. The van der Waals surface area contributed by atoms with E-state index < -0.39 is 10.0 Å². The summed E-state index contributed by atoms with van der Waals surface area (Å²) in [5.41, 5.74) is 1.24. The normalized spacial score (nSPS) is 13.9. The number of ether oxygens (including phenoxy) is 3. The van der Waals surface area contributed by atoms with Crippen molar-refractivity contribution in [2.45, 2.75) is 18.1 Å². The summed E-state index contributed by atoms with van der Waals surface area (Å²) >= 11 is 0. The molecular formula is C20H21N2O5PS. The topological polar surface area (TPSA) is 86.8 Å². The van der Waals surface area contributed by atoms with Gasteiger partial charge < -0.3 is 14.2 Å². The van der Waals surface area contributed by atoms with Gasteiger partial charge in [0.15, 0.2) is 11.5 Å². The summed E-state index contributed by atoms with van der Waals surface area (Å²) in [5, 5.41) is 1.19. The van der Waals surface area contributed by atoms with Crippen LogP contribution in [0.25, 0.3) is 10.9 Å². The van der Waals surface area contributed by atoms with Crippen molar-refractivity contribution < 1.29 is 22.6 Å². The molecule has 1 aromatic heterocycles. The number of sulfonamides is 1. The van der Waals surface area contributed by atoms with Gasteiger partial charge >= 0.3 is 0 Å². The lowest BCUT2D eigenvalue weighted by Crippen LogP contribution is -2.20. The lowest BCUT2D eigenvalue weighted by atomic mass is 10.2. The van der Waals surface area contributed by atoms with Crippen LogP contribution in [-0.4, -0.2) is 32.9 Å². The van der Waals surface area contributed by atoms with E-state index in [1.54, 1.807) is 50.7 Å². The van der Waals surface area contributed by atoms with Gasteiger partial charge in [0.05, 0.1) is 30.7 Å². The maximum atomic E-state index is 12.2. The zero-order chi connectivity index (χ0) is 20.6. The van der Waals surface area contributed by atoms with Crippen molar-refractivity contribution in [1.82, 2.24) is 4.98 Å². The zero-order valence-corrected chi connectivity index (χ0v) is 18.0. The third-order valence-electron chi connectivity index (χ3n) is 4.67. The fourth-order valence-corrected chi connectivity index (χ4v) is 4.83. The second-order valence-corrected chi connectivity index (χ2v) is 9.31. The molecule has 1 aliphatic rings. The van der Waals surface area contributed by atoms with Gasteiger partial charge in [-0.3, -0.25) is 9.71 Å². The van der Waals surface area contributed by atoms with E-state index >= 15 is 0 Å². The molecule has 7 nitrogen and oxygen atoms in total. The summed E-state index contributed by atoms with van der Waals surface area (Å²) < 4.78 is 43.8. The van der Waals surface area contributed by atoms with Gasteiger partial charge in [-0.15, -0.1) is 9.24 Å². The van der Waals surface area contributed by atoms with Crippen molar-refractivity contribution in [3.8, 4) is 23.0 Å². The van der Waals surface area contributed by atoms with Gasteiger partial charge in [0.25, 0.3) is 0 Å². The van der Waals surface area contributed by atoms with E-state index in [0.717, 1.165) is 5.39 Å². The second-order valence-electron chi connectivity index (χ2n) is 6.73. The molecular weight excluding hydrogens is 411 g/mol. The number of rotatable bonds is 7. The van der Waals surface area contributed by atoms with Gasteiger partial charge in [0.1, 0.15) is 11.5 Å². The third kappa shape index (κ3) is 4.09. The Morgan fingerprint density at radius 1 is 1.03 bits per heavy atom. The van der Waals surface area contributed by atoms with Crippen LogP contribution in [0.15, 0.2) is 42.6 Å². The van der Waals surface area contributed by atoms with Crippen LogP contribution < -0.4 is 24.2 Å². The summed E-state index contributed by atoms with van der Waals surface area (Å²) in [5.74, 6) is 2.34. The number of nitrogens with one attached hydrogen (secondary N) is 1. The smallest absolute Gasteiger partial charge is 0.235 e. The van der Waals surface area contributed by atoms with Gasteiger partial charge in [0, 0.05) is 17.6 Å². The van der Waals surface area contributed by atoms with Crippen molar-refractivity contribution in [2.75, 3.05) is 18.9 Å². The van der Waals surface area contributed by atoms with Crippen LogP contribution in [0.2, 0.25) is 0 Å². The average Bonchev–Trinajstić information content (AvgIpc) is 3.55. The standard InChI is InChI=1S/C20H21N2O5PS/c1-25-18-10-14-16(11-19(18)26-2)21-8-7-17(14)27-12-3-6-15(20(28)9-12)22-29(23,24)13-4-5-13/h3,6-11,13,22H,4-5,28H2,1-2H3. The first-order valence-electron chi connectivity index (χ1n) is 9.01. The average molecular weight is 432 g/mol. The van der Waals surface area contributed by atoms with Crippen molar-refractivity contribution in [3.05, 3.63) is 42.6 Å². The molecule has 1 saturated carbocycles. The molecule has 0 amide bonds. The Bertz CT molecular complexity index is 1180. The molecule has 9 heteroatoms. The number of hydrogen-bond donors (Lipinski definition) is 1. The highest BCUT2D eigenvalue weighted by molar-refractivity contribution is 7.93. The van der Waals surface area contributed by atoms with Gasteiger partial charge in [-0.25, -0.2) is 8.42 Å². The first kappa shape index (κ1) is 19.7. The molecule has 29 heavy (non-hydrogen) atoms. The summed E-state index contributed by atoms with van der Waals surface area (Å²) in [4.78, 5) is 4.37. The van der Waals surface area contributed by atoms with Crippen LogP contribution in [0, 0.1) is 0 Å². The molecule has 0 aliphatic heterocycles. The number of aromatic nitrogens is 1. The fraction of sp³-hybridized carbons (Fsp3) is 0.250. The lowest BCUT2D eigenvalue weighted by molar-refractivity contribution is 0.355. The molecule has 2 aromatic carbocycles. The lowest BCUT2D eigenvalue weighted by Gasteiger charge is -2.14. The predicted octanol–water partition coefficient (Wildman–Crippen LogP) is 3.45. The quantitative estimate of drug-likeness (QED) is 0.576. The Kier molecular flexibility index (Phi) is 5.23. The monoisotopic (exact) mass is 432 g/mol. The van der Waals surface area contributed by atoms with Crippen molar-refractivity contribution in [1.29, 1.82) is 0 Å². The molecule has 152 valence electrons. The highest BCUT2D eigenvalue weighted by Gasteiger charge is 2.35. The SMILES string of the molecule is COc1cc2nccc(Oc3ccc(NS(=O)(=O)C4CC4)c(P)c3)c2cc1OC. The van der Waals surface area contributed by atoms with Crippen LogP contribution in [0.3, 0.4) is 0 Å². The fourth-order valence-electron chi connectivity index (χ4n) is 2.98. The first-order chi connectivity index (χ1) is 13.9. The molecule has 1 unspecified atom stereocenters. The Labute approximate surface area is 171 Å². The number of fused-ring (bicyclic) bond motifs is 1. The Morgan fingerprint density at radius 3 is 2.41 bits per heavy atom. The number of nitrogens with zero attached hydrogens (tertiary/aromatic N) is 1. The van der Waals surface area contributed by atoms with Crippen LogP contribution in [0.1, 0.15) is 12.8 Å². The molecule has 1 fully saturated rings. The van der Waals surface area contributed by atoms with E-state index in [2.05, 4.69) is 18.9 Å². The third-order valence-corrected chi connectivity index (χ3v) is 7.00. The van der Waals surface area contributed by atoms with E-state index in [-0.39, 0.29) is 5.25 Å². The number of anilines is 1. The van der Waals surface area contributed by atoms with Gasteiger partial charge in [-0.2, -0.15) is 0 Å². The minimum atomic E-state index is -3.32. The van der Waals surface area contributed by atoms with Crippen molar-refractivity contribution in [3.63, 3.8) is 0 Å². The van der Waals surface area contributed by atoms with Crippen LogP contribution in [0.4, 0.5) is 5.69 Å². The minimum absolute atomic E-state index is 0.280. The first-order valence-corrected chi connectivity index (χ1v) is 11.1. The molecule has 1 heterocycles. The van der Waals surface area contributed by atoms with Gasteiger partial charge in [-0.05, 0) is 48.5 Å². The van der Waals surface area contributed by atoms with Crippen LogP contribution in [0.5, 0.6) is 23.0 Å². The van der Waals surface area contributed by atoms with E-state index in [9.17, 15) is 8.42 Å². The van der Waals surface area contributed by atoms with E-state index in [0.29, 0.717) is 52.3 Å². The minimum Gasteiger partial charge on any atom is -0.493 e. The molecule has 0 saturated heterocycles. The zero-order valence-electron chi connectivity index (χ0n) is 16.0. The Hall–Kier alpha value is -2.57. The summed E-state index contributed by atoms with van der Waals surface area (Å²) in [6, 6.07) is 10.6. The van der Waals surface area contributed by atoms with Crippen LogP contribution >= 0.6 is 9.24 Å². The second kappa shape index (κ2) is 7.69. The highest BCUT2D eigenvalue weighted by Crippen LogP contribution is 2.37. The molecule has 0 radical (unpaired) electrons. The molecule has 1 N–H and O–H groups in total. The maximum Gasteiger partial charge on any atom is 0.235 e. The number of methoxy groups -OCH3 is 2. The van der Waals surface area contributed by atoms with E-state index in [4.69, 9.17) is 14.2 Å². The van der Waals surface area contributed by atoms with Crippen molar-refractivity contribution in [2.24, 2.45) is 0 Å². The van der Waals surface area contributed by atoms with Crippen LogP contribution in [-0.2, 0) is 10.0 Å². The largest absolute Gasteiger partial charge is 0.493 e. The summed E-state index contributed by atoms with van der Waals surface area (Å²) in [6.45, 7) is 0. The molecule has 1 aliphatic carbocycles. The molecule has 1 atom stereocenters. The molecule has 3 aromatic rings. The number of pyridine rings is 1. The number of benzene rings is 2. The van der Waals surface area contributed by atoms with E-state index in [1.165, 1.54) is 0 Å². The maximum absolute atomic E-state index is 12.2. The summed E-state index contributed by atoms with van der Waals surface area (Å²) in [6.07, 6.45) is 3.08. The highest BCUT2D eigenvalue weighted by atomic mass is 32.2.